The van der Waals surface area contributed by atoms with E-state index in [0.717, 1.165) is 25.0 Å². The van der Waals surface area contributed by atoms with Crippen LogP contribution in [0.5, 0.6) is 0 Å². The summed E-state index contributed by atoms with van der Waals surface area (Å²) in [6.45, 7) is 1.61. The zero-order valence-corrected chi connectivity index (χ0v) is 19.2. The molecule has 5 nitrogen and oxygen atoms in total. The molecule has 4 rings (SSSR count). The van der Waals surface area contributed by atoms with E-state index in [9.17, 15) is 22.4 Å². The monoisotopic (exact) mass is 513 g/mol. The molecule has 0 spiro atoms. The van der Waals surface area contributed by atoms with Gasteiger partial charge in [0.05, 0.1) is 21.8 Å². The summed E-state index contributed by atoms with van der Waals surface area (Å²) in [7, 11) is 0. The minimum Gasteiger partial charge on any atom is -0.374 e. The maximum absolute atomic E-state index is 14.2. The Kier molecular flexibility index (Phi) is 6.25. The van der Waals surface area contributed by atoms with E-state index in [1.807, 2.05) is 6.07 Å². The third-order valence-corrected chi connectivity index (χ3v) is 6.47. The Labute approximate surface area is 202 Å². The molecule has 1 atom stereocenters. The minimum atomic E-state index is -4.92. The molecular weight excluding hydrogens is 497 g/mol. The molecule has 0 saturated heterocycles. The molecule has 1 saturated carbocycles. The van der Waals surface area contributed by atoms with Gasteiger partial charge in [0.2, 0.25) is 0 Å². The lowest BCUT2D eigenvalue weighted by Gasteiger charge is -2.29. The van der Waals surface area contributed by atoms with E-state index in [0.29, 0.717) is 16.7 Å². The molecule has 1 fully saturated rings. The van der Waals surface area contributed by atoms with Crippen LogP contribution in [0.15, 0.2) is 35.5 Å². The number of nitriles is 1. The summed E-state index contributed by atoms with van der Waals surface area (Å²) in [5, 5.41) is 11.6. The molecule has 0 radical (unpaired) electrons. The average molecular weight is 514 g/mol. The quantitative estimate of drug-likeness (QED) is 0.273. The van der Waals surface area contributed by atoms with Gasteiger partial charge in [-0.15, -0.1) is 0 Å². The first-order chi connectivity index (χ1) is 16.0. The normalized spacial score (nSPS) is 19.9. The van der Waals surface area contributed by atoms with Gasteiger partial charge in [-0.3, -0.25) is 4.79 Å². The number of carbonyl (C=O) groups excluding carboxylic acids is 1. The molecule has 2 aromatic carbocycles. The van der Waals surface area contributed by atoms with Crippen molar-refractivity contribution in [3.63, 3.8) is 0 Å². The second kappa shape index (κ2) is 8.75. The molecule has 0 N–H and O–H groups in total. The molecule has 0 bridgehead atoms. The number of amides is 1. The Bertz CT molecular complexity index is 1210. The lowest BCUT2D eigenvalue weighted by Crippen LogP contribution is -2.42. The number of hydrogen-bond acceptors (Lipinski definition) is 4. The number of rotatable bonds is 5. The van der Waals surface area contributed by atoms with Crippen LogP contribution in [-0.2, 0) is 10.4 Å². The Hall–Kier alpha value is -2.83. The third-order valence-electron chi connectivity index (χ3n) is 5.92. The van der Waals surface area contributed by atoms with E-state index in [4.69, 9.17) is 33.3 Å². The molecule has 1 heterocycles. The summed E-state index contributed by atoms with van der Waals surface area (Å²) in [4.78, 5) is 19.3. The van der Waals surface area contributed by atoms with E-state index < -0.39 is 39.6 Å². The molecule has 1 unspecified atom stereocenters. The van der Waals surface area contributed by atoms with Crippen molar-refractivity contribution in [2.75, 3.05) is 6.54 Å². The highest BCUT2D eigenvalue weighted by atomic mass is 35.5. The van der Waals surface area contributed by atoms with Crippen molar-refractivity contribution in [3.8, 4) is 6.07 Å². The van der Waals surface area contributed by atoms with Crippen LogP contribution in [0.2, 0.25) is 10.0 Å². The Morgan fingerprint density at radius 3 is 2.44 bits per heavy atom. The maximum atomic E-state index is 14.2. The number of benzene rings is 2. The maximum Gasteiger partial charge on any atom is 0.435 e. The second-order valence-corrected chi connectivity index (χ2v) is 9.05. The lowest BCUT2D eigenvalue weighted by atomic mass is 9.86. The largest absolute Gasteiger partial charge is 0.435 e. The number of hydrogen-bond donors (Lipinski definition) is 0. The van der Waals surface area contributed by atoms with Crippen molar-refractivity contribution in [2.24, 2.45) is 5.16 Å². The van der Waals surface area contributed by atoms with Gasteiger partial charge in [-0.1, -0.05) is 34.4 Å². The molecule has 1 amide bonds. The zero-order chi connectivity index (χ0) is 24.8. The van der Waals surface area contributed by atoms with Gasteiger partial charge in [0, 0.05) is 23.6 Å². The Morgan fingerprint density at radius 2 is 1.91 bits per heavy atom. The number of oxime groups is 1. The summed E-state index contributed by atoms with van der Waals surface area (Å²) in [6.07, 6.45) is -3.97. The molecular formula is C23H17Cl2F4N3O2. The first-order valence-electron chi connectivity index (χ1n) is 10.2. The fourth-order valence-electron chi connectivity index (χ4n) is 3.91. The number of carbonyl (C=O) groups is 1. The van der Waals surface area contributed by atoms with Gasteiger partial charge in [0.25, 0.3) is 11.5 Å². The van der Waals surface area contributed by atoms with Gasteiger partial charge in [0.15, 0.2) is 5.82 Å². The standard InChI is InChI=1S/C23H17Cl2F4N3O2/c1-12-8-13(2-5-16(12)21(33)32(7-6-30)15-3-4-15)19-11-22(34-31-19,23(27,28)29)14-9-17(24)20(26)18(25)10-14/h2,5,8-10,15H,3-4,7,11H2,1H3. The van der Waals surface area contributed by atoms with Gasteiger partial charge in [0.1, 0.15) is 6.54 Å². The SMILES string of the molecule is Cc1cc(C2=NOC(c3cc(Cl)c(F)c(Cl)c3)(C(F)(F)F)C2)ccc1C(=O)N(CC#N)C1CC1. The van der Waals surface area contributed by atoms with Crippen LogP contribution in [0.25, 0.3) is 0 Å². The predicted molar refractivity (Wildman–Crippen MR) is 117 cm³/mol. The molecule has 34 heavy (non-hydrogen) atoms. The molecule has 2 aliphatic rings. The average Bonchev–Trinajstić information content (AvgIpc) is 3.50. The second-order valence-electron chi connectivity index (χ2n) is 8.24. The first-order valence-corrected chi connectivity index (χ1v) is 11.0. The molecule has 1 aliphatic heterocycles. The predicted octanol–water partition coefficient (Wildman–Crippen LogP) is 6.15. The van der Waals surface area contributed by atoms with E-state index in [1.54, 1.807) is 13.0 Å². The number of halogens is 6. The van der Waals surface area contributed by atoms with Crippen molar-refractivity contribution in [2.45, 2.75) is 44.0 Å². The van der Waals surface area contributed by atoms with Crippen LogP contribution in [0, 0.1) is 24.1 Å². The molecule has 1 aliphatic carbocycles. The minimum absolute atomic E-state index is 0.00734. The van der Waals surface area contributed by atoms with Crippen LogP contribution in [0.3, 0.4) is 0 Å². The third kappa shape index (κ3) is 4.21. The number of nitrogens with zero attached hydrogens (tertiary/aromatic N) is 3. The van der Waals surface area contributed by atoms with Crippen LogP contribution < -0.4 is 0 Å². The van der Waals surface area contributed by atoms with Gasteiger partial charge < -0.3 is 9.74 Å². The van der Waals surface area contributed by atoms with E-state index in [-0.39, 0.29) is 24.2 Å². The van der Waals surface area contributed by atoms with Crippen LogP contribution in [0.4, 0.5) is 17.6 Å². The van der Waals surface area contributed by atoms with Crippen LogP contribution >= 0.6 is 23.2 Å². The summed E-state index contributed by atoms with van der Waals surface area (Å²) >= 11 is 11.5. The van der Waals surface area contributed by atoms with Crippen molar-refractivity contribution in [1.82, 2.24) is 4.90 Å². The van der Waals surface area contributed by atoms with Gasteiger partial charge in [-0.2, -0.15) is 18.4 Å². The Balaban J connectivity index is 1.64. The Morgan fingerprint density at radius 1 is 1.26 bits per heavy atom. The van der Waals surface area contributed by atoms with Gasteiger partial charge in [-0.05, 0) is 55.2 Å². The molecule has 11 heteroatoms. The highest BCUT2D eigenvalue weighted by Gasteiger charge is 2.62. The van der Waals surface area contributed by atoms with Crippen molar-refractivity contribution >= 4 is 34.8 Å². The molecule has 178 valence electrons. The summed E-state index contributed by atoms with van der Waals surface area (Å²) in [5.74, 6) is -1.34. The van der Waals surface area contributed by atoms with E-state index in [2.05, 4.69) is 5.16 Å². The molecule has 0 aromatic heterocycles. The summed E-state index contributed by atoms with van der Waals surface area (Å²) < 4.78 is 56.4. The molecule has 2 aromatic rings. The van der Waals surface area contributed by atoms with Crippen molar-refractivity contribution in [1.29, 1.82) is 5.26 Å². The fourth-order valence-corrected chi connectivity index (χ4v) is 4.40. The number of alkyl halides is 3. The fraction of sp³-hybridized carbons (Fsp3) is 0.348. The van der Waals surface area contributed by atoms with Crippen LogP contribution in [-0.4, -0.2) is 35.3 Å². The van der Waals surface area contributed by atoms with E-state index in [1.165, 1.54) is 17.0 Å². The highest BCUT2D eigenvalue weighted by Crippen LogP contribution is 2.50. The summed E-state index contributed by atoms with van der Waals surface area (Å²) in [5.41, 5.74) is -2.18. The smallest absolute Gasteiger partial charge is 0.374 e. The van der Waals surface area contributed by atoms with Gasteiger partial charge in [-0.25, -0.2) is 4.39 Å². The number of aryl methyl sites for hydroxylation is 1. The summed E-state index contributed by atoms with van der Waals surface area (Å²) in [6, 6.07) is 8.19. The van der Waals surface area contributed by atoms with E-state index >= 15 is 0 Å². The highest BCUT2D eigenvalue weighted by molar-refractivity contribution is 6.35. The van der Waals surface area contributed by atoms with Crippen molar-refractivity contribution in [3.05, 3.63) is 68.4 Å². The topological polar surface area (TPSA) is 65.7 Å². The zero-order valence-electron chi connectivity index (χ0n) is 17.7. The first kappa shape index (κ1) is 24.3. The van der Waals surface area contributed by atoms with Gasteiger partial charge >= 0.3 is 6.18 Å². The lowest BCUT2D eigenvalue weighted by molar-refractivity contribution is -0.275. The van der Waals surface area contributed by atoms with Crippen LogP contribution in [0.1, 0.15) is 46.3 Å². The van der Waals surface area contributed by atoms with Crippen molar-refractivity contribution < 1.29 is 27.2 Å².